The van der Waals surface area contributed by atoms with Gasteiger partial charge in [0.1, 0.15) is 0 Å². The molecule has 1 aromatic rings. The first kappa shape index (κ1) is 13.6. The minimum Gasteiger partial charge on any atom is -0.354 e. The Morgan fingerprint density at radius 2 is 2.37 bits per heavy atom. The van der Waals surface area contributed by atoms with Crippen LogP contribution in [0.15, 0.2) is 12.3 Å². The molecule has 102 valence electrons. The number of piperidine rings is 1. The summed E-state index contributed by atoms with van der Waals surface area (Å²) in [6.07, 6.45) is 2.43. The zero-order valence-corrected chi connectivity index (χ0v) is 10.8. The molecule has 1 saturated heterocycles. The second-order valence-corrected chi connectivity index (χ2v) is 4.62. The SMILES string of the molecule is NNc1ncc(C(=O)NC2CCC(=O)NC2)cc1Cl. The van der Waals surface area contributed by atoms with Gasteiger partial charge in [-0.3, -0.25) is 9.59 Å². The van der Waals surface area contributed by atoms with E-state index >= 15 is 0 Å². The zero-order chi connectivity index (χ0) is 13.8. The molecule has 5 N–H and O–H groups in total. The summed E-state index contributed by atoms with van der Waals surface area (Å²) in [6, 6.07) is 1.41. The summed E-state index contributed by atoms with van der Waals surface area (Å²) in [7, 11) is 0. The van der Waals surface area contributed by atoms with Gasteiger partial charge in [-0.15, -0.1) is 0 Å². The number of hydrazine groups is 1. The zero-order valence-electron chi connectivity index (χ0n) is 10.1. The van der Waals surface area contributed by atoms with Crippen LogP contribution in [-0.2, 0) is 4.79 Å². The highest BCUT2D eigenvalue weighted by Gasteiger charge is 2.20. The lowest BCUT2D eigenvalue weighted by Crippen LogP contribution is -2.47. The fraction of sp³-hybridized carbons (Fsp3) is 0.364. The van der Waals surface area contributed by atoms with Crippen LogP contribution >= 0.6 is 11.6 Å². The summed E-state index contributed by atoms with van der Waals surface area (Å²) in [5, 5.41) is 5.78. The van der Waals surface area contributed by atoms with Crippen molar-refractivity contribution < 1.29 is 9.59 Å². The number of rotatable bonds is 3. The molecule has 2 rings (SSSR count). The first-order valence-electron chi connectivity index (χ1n) is 5.80. The van der Waals surface area contributed by atoms with Crippen LogP contribution in [-0.4, -0.2) is 29.4 Å². The summed E-state index contributed by atoms with van der Waals surface area (Å²) in [4.78, 5) is 26.9. The second-order valence-electron chi connectivity index (χ2n) is 4.21. The molecule has 0 bridgehead atoms. The molecule has 8 heteroatoms. The lowest BCUT2D eigenvalue weighted by atomic mass is 10.1. The van der Waals surface area contributed by atoms with E-state index in [9.17, 15) is 9.59 Å². The van der Waals surface area contributed by atoms with Gasteiger partial charge >= 0.3 is 0 Å². The van der Waals surface area contributed by atoms with Crippen molar-refractivity contribution in [2.45, 2.75) is 18.9 Å². The largest absolute Gasteiger partial charge is 0.354 e. The molecule has 0 saturated carbocycles. The van der Waals surface area contributed by atoms with Crippen molar-refractivity contribution in [2.75, 3.05) is 12.0 Å². The van der Waals surface area contributed by atoms with Crippen molar-refractivity contribution in [1.82, 2.24) is 15.6 Å². The molecule has 1 aromatic heterocycles. The molecule has 0 spiro atoms. The Kier molecular flexibility index (Phi) is 4.18. The van der Waals surface area contributed by atoms with E-state index in [2.05, 4.69) is 21.0 Å². The fourth-order valence-corrected chi connectivity index (χ4v) is 2.01. The number of halogens is 1. The highest BCUT2D eigenvalue weighted by molar-refractivity contribution is 6.33. The molecule has 1 unspecified atom stereocenters. The number of aromatic nitrogens is 1. The van der Waals surface area contributed by atoms with Crippen LogP contribution < -0.4 is 21.9 Å². The topological polar surface area (TPSA) is 109 Å². The average molecular weight is 284 g/mol. The van der Waals surface area contributed by atoms with Gasteiger partial charge in [-0.05, 0) is 12.5 Å². The number of nitrogens with zero attached hydrogens (tertiary/aromatic N) is 1. The van der Waals surface area contributed by atoms with Gasteiger partial charge in [0.25, 0.3) is 5.91 Å². The number of anilines is 1. The van der Waals surface area contributed by atoms with Crippen LogP contribution in [0.2, 0.25) is 5.02 Å². The molecule has 19 heavy (non-hydrogen) atoms. The Morgan fingerprint density at radius 3 is 2.95 bits per heavy atom. The number of amides is 2. The number of carbonyl (C=O) groups excluding carboxylic acids is 2. The van der Waals surface area contributed by atoms with E-state index in [4.69, 9.17) is 17.4 Å². The smallest absolute Gasteiger partial charge is 0.253 e. The number of pyridine rings is 1. The van der Waals surface area contributed by atoms with E-state index in [1.165, 1.54) is 12.3 Å². The number of nitrogens with one attached hydrogen (secondary N) is 3. The Labute approximate surface area is 114 Å². The summed E-state index contributed by atoms with van der Waals surface area (Å²) < 4.78 is 0. The van der Waals surface area contributed by atoms with Crippen LogP contribution in [0.1, 0.15) is 23.2 Å². The predicted molar refractivity (Wildman–Crippen MR) is 70.6 cm³/mol. The summed E-state index contributed by atoms with van der Waals surface area (Å²) in [6.45, 7) is 0.439. The van der Waals surface area contributed by atoms with Crippen molar-refractivity contribution in [3.05, 3.63) is 22.8 Å². The van der Waals surface area contributed by atoms with E-state index in [1.54, 1.807) is 0 Å². The van der Waals surface area contributed by atoms with Crippen LogP contribution in [0.5, 0.6) is 0 Å². The Hall–Kier alpha value is -1.86. The normalized spacial score (nSPS) is 18.6. The molecule has 1 aliphatic heterocycles. The molecule has 2 amide bonds. The number of hydrogen-bond donors (Lipinski definition) is 4. The lowest BCUT2D eigenvalue weighted by Gasteiger charge is -2.23. The molecule has 2 heterocycles. The van der Waals surface area contributed by atoms with E-state index < -0.39 is 0 Å². The number of carbonyl (C=O) groups is 2. The highest BCUT2D eigenvalue weighted by Crippen LogP contribution is 2.19. The molecule has 1 atom stereocenters. The van der Waals surface area contributed by atoms with E-state index in [-0.39, 0.29) is 22.9 Å². The van der Waals surface area contributed by atoms with Gasteiger partial charge in [0, 0.05) is 25.2 Å². The lowest BCUT2D eigenvalue weighted by molar-refractivity contribution is -0.122. The first-order valence-corrected chi connectivity index (χ1v) is 6.17. The van der Waals surface area contributed by atoms with Crippen molar-refractivity contribution in [1.29, 1.82) is 0 Å². The molecular formula is C11H14ClN5O2. The van der Waals surface area contributed by atoms with Gasteiger partial charge in [0.2, 0.25) is 5.91 Å². The Bertz CT molecular complexity index is 498. The van der Waals surface area contributed by atoms with Gasteiger partial charge in [0.15, 0.2) is 5.82 Å². The third-order valence-corrected chi connectivity index (χ3v) is 3.13. The van der Waals surface area contributed by atoms with E-state index in [1.807, 2.05) is 0 Å². The van der Waals surface area contributed by atoms with Crippen molar-refractivity contribution in [3.8, 4) is 0 Å². The van der Waals surface area contributed by atoms with Gasteiger partial charge < -0.3 is 16.1 Å². The second kappa shape index (κ2) is 5.85. The van der Waals surface area contributed by atoms with Crippen LogP contribution in [0.4, 0.5) is 5.82 Å². The molecule has 0 aromatic carbocycles. The first-order chi connectivity index (χ1) is 9.10. The summed E-state index contributed by atoms with van der Waals surface area (Å²) in [5.41, 5.74) is 2.67. The quantitative estimate of drug-likeness (QED) is 0.462. The van der Waals surface area contributed by atoms with Gasteiger partial charge in [-0.2, -0.15) is 0 Å². The number of nitrogens with two attached hydrogens (primary N) is 1. The van der Waals surface area contributed by atoms with E-state index in [0.29, 0.717) is 30.8 Å². The Morgan fingerprint density at radius 1 is 1.58 bits per heavy atom. The minimum atomic E-state index is -0.279. The van der Waals surface area contributed by atoms with Gasteiger partial charge in [-0.1, -0.05) is 11.6 Å². The molecule has 7 nitrogen and oxygen atoms in total. The standard InChI is InChI=1S/C11H14ClN5O2/c12-8-3-6(4-15-10(8)17-13)11(19)16-7-1-2-9(18)14-5-7/h3-4,7H,1-2,5,13H2,(H,14,18)(H,15,17)(H,16,19). The average Bonchev–Trinajstić information content (AvgIpc) is 2.41. The molecular weight excluding hydrogens is 270 g/mol. The predicted octanol–water partition coefficient (Wildman–Crippen LogP) is 0.0290. The maximum Gasteiger partial charge on any atom is 0.253 e. The van der Waals surface area contributed by atoms with E-state index in [0.717, 1.165) is 0 Å². The van der Waals surface area contributed by atoms with Gasteiger partial charge in [0.05, 0.1) is 10.6 Å². The fourth-order valence-electron chi connectivity index (χ4n) is 1.79. The molecule has 1 fully saturated rings. The monoisotopic (exact) mass is 283 g/mol. The van der Waals surface area contributed by atoms with Crippen LogP contribution in [0.3, 0.4) is 0 Å². The van der Waals surface area contributed by atoms with Crippen molar-refractivity contribution in [2.24, 2.45) is 5.84 Å². The van der Waals surface area contributed by atoms with Crippen molar-refractivity contribution >= 4 is 29.2 Å². The number of nitrogen functional groups attached to an aromatic ring is 1. The third kappa shape index (κ3) is 3.33. The van der Waals surface area contributed by atoms with Crippen molar-refractivity contribution in [3.63, 3.8) is 0 Å². The molecule has 0 radical (unpaired) electrons. The van der Waals surface area contributed by atoms with Crippen LogP contribution in [0, 0.1) is 0 Å². The van der Waals surface area contributed by atoms with Crippen LogP contribution in [0.25, 0.3) is 0 Å². The number of hydrogen-bond acceptors (Lipinski definition) is 5. The third-order valence-electron chi connectivity index (χ3n) is 2.84. The maximum absolute atomic E-state index is 12.0. The minimum absolute atomic E-state index is 0.00795. The maximum atomic E-state index is 12.0. The van der Waals surface area contributed by atoms with Gasteiger partial charge in [-0.25, -0.2) is 10.8 Å². The Balaban J connectivity index is 2.00. The summed E-state index contributed by atoms with van der Waals surface area (Å²) in [5.74, 6) is 5.24. The highest BCUT2D eigenvalue weighted by atomic mass is 35.5. The molecule has 0 aliphatic carbocycles. The molecule has 1 aliphatic rings. The summed E-state index contributed by atoms with van der Waals surface area (Å²) >= 11 is 5.89.